The number of hydrogen-bond donors (Lipinski definition) is 0. The van der Waals surface area contributed by atoms with Crippen LogP contribution in [0.4, 0.5) is 5.13 Å². The molecule has 1 aromatic carbocycles. The molecule has 0 bridgehead atoms. The number of rotatable bonds is 3. The van der Waals surface area contributed by atoms with Gasteiger partial charge in [-0.25, -0.2) is 9.97 Å². The highest BCUT2D eigenvalue weighted by Crippen LogP contribution is 2.28. The predicted octanol–water partition coefficient (Wildman–Crippen LogP) is 3.89. The van der Waals surface area contributed by atoms with Gasteiger partial charge in [0.15, 0.2) is 5.13 Å². The van der Waals surface area contributed by atoms with Crippen molar-refractivity contribution in [2.75, 3.05) is 31.1 Å². The first-order chi connectivity index (χ1) is 12.6. The highest BCUT2D eigenvalue weighted by atomic mass is 35.5. The smallest absolute Gasteiger partial charge is 0.227 e. The van der Waals surface area contributed by atoms with Gasteiger partial charge < -0.3 is 9.80 Å². The maximum absolute atomic E-state index is 12.6. The summed E-state index contributed by atoms with van der Waals surface area (Å²) in [6.45, 7) is 2.82. The third-order valence-corrected chi connectivity index (χ3v) is 6.20. The van der Waals surface area contributed by atoms with E-state index in [1.165, 1.54) is 0 Å². The zero-order chi connectivity index (χ0) is 18.1. The van der Waals surface area contributed by atoms with E-state index in [2.05, 4.69) is 14.9 Å². The Bertz CT molecular complexity index is 900. The molecular formula is C18H16Cl2N4OS. The average molecular weight is 407 g/mol. The number of anilines is 1. The summed E-state index contributed by atoms with van der Waals surface area (Å²) in [5.74, 6) is 0.0469. The molecule has 5 nitrogen and oxygen atoms in total. The lowest BCUT2D eigenvalue weighted by Crippen LogP contribution is -2.49. The number of carbonyl (C=O) groups is 1. The highest BCUT2D eigenvalue weighted by molar-refractivity contribution is 7.21. The molecule has 1 aliphatic rings. The number of piperazine rings is 1. The van der Waals surface area contributed by atoms with Crippen LogP contribution in [0.25, 0.3) is 10.3 Å². The molecule has 8 heteroatoms. The fourth-order valence-electron chi connectivity index (χ4n) is 3.01. The van der Waals surface area contributed by atoms with Crippen LogP contribution in [0.5, 0.6) is 0 Å². The molecule has 0 N–H and O–H groups in total. The van der Waals surface area contributed by atoms with E-state index in [0.717, 1.165) is 28.6 Å². The number of amides is 1. The molecule has 0 atom stereocenters. The van der Waals surface area contributed by atoms with Crippen molar-refractivity contribution in [1.82, 2.24) is 14.9 Å². The third kappa shape index (κ3) is 3.49. The fraction of sp³-hybridized carbons (Fsp3) is 0.278. The van der Waals surface area contributed by atoms with Gasteiger partial charge in [-0.2, -0.15) is 0 Å². The standard InChI is InChI=1S/C18H16Cl2N4OS/c19-13-3-1-4-14(20)12(13)11-16(25)23-7-9-24(10-8-23)18-22-15-5-2-6-21-17(15)26-18/h1-6H,7-11H2. The summed E-state index contributed by atoms with van der Waals surface area (Å²) >= 11 is 13.9. The van der Waals surface area contributed by atoms with Crippen LogP contribution in [0.2, 0.25) is 10.0 Å². The topological polar surface area (TPSA) is 49.3 Å². The first kappa shape index (κ1) is 17.5. The second-order valence-electron chi connectivity index (χ2n) is 6.07. The Labute approximate surface area is 165 Å². The molecule has 0 saturated carbocycles. The lowest BCUT2D eigenvalue weighted by molar-refractivity contribution is -0.130. The van der Waals surface area contributed by atoms with Crippen molar-refractivity contribution in [1.29, 1.82) is 0 Å². The second kappa shape index (κ2) is 7.39. The highest BCUT2D eigenvalue weighted by Gasteiger charge is 2.24. The molecule has 2 aromatic heterocycles. The molecule has 0 unspecified atom stereocenters. The first-order valence-electron chi connectivity index (χ1n) is 8.29. The van der Waals surface area contributed by atoms with Crippen LogP contribution in [0.3, 0.4) is 0 Å². The Kier molecular flexibility index (Phi) is 4.98. The van der Waals surface area contributed by atoms with Gasteiger partial charge >= 0.3 is 0 Å². The van der Waals surface area contributed by atoms with Crippen LogP contribution in [-0.4, -0.2) is 47.0 Å². The molecule has 4 rings (SSSR count). The van der Waals surface area contributed by atoms with Crippen LogP contribution >= 0.6 is 34.5 Å². The Hall–Kier alpha value is -1.89. The van der Waals surface area contributed by atoms with Crippen LogP contribution in [0.1, 0.15) is 5.56 Å². The maximum Gasteiger partial charge on any atom is 0.227 e. The summed E-state index contributed by atoms with van der Waals surface area (Å²) in [5.41, 5.74) is 1.61. The van der Waals surface area contributed by atoms with Crippen LogP contribution in [0, 0.1) is 0 Å². The van der Waals surface area contributed by atoms with E-state index in [9.17, 15) is 4.79 Å². The molecule has 26 heavy (non-hydrogen) atoms. The molecule has 3 aromatic rings. The predicted molar refractivity (Wildman–Crippen MR) is 106 cm³/mol. The van der Waals surface area contributed by atoms with Gasteiger partial charge in [0, 0.05) is 42.4 Å². The summed E-state index contributed by atoms with van der Waals surface area (Å²) in [7, 11) is 0. The summed E-state index contributed by atoms with van der Waals surface area (Å²) in [6.07, 6.45) is 2.00. The number of nitrogens with zero attached hydrogens (tertiary/aromatic N) is 4. The molecule has 1 fully saturated rings. The van der Waals surface area contributed by atoms with Gasteiger partial charge in [0.1, 0.15) is 10.3 Å². The number of carbonyl (C=O) groups excluding carboxylic acids is 1. The Balaban J connectivity index is 1.40. The van der Waals surface area contributed by atoms with Gasteiger partial charge in [0.2, 0.25) is 5.91 Å². The minimum atomic E-state index is 0.0469. The number of pyridine rings is 1. The lowest BCUT2D eigenvalue weighted by atomic mass is 10.1. The number of aromatic nitrogens is 2. The normalized spacial score (nSPS) is 14.8. The van der Waals surface area contributed by atoms with E-state index in [1.807, 2.05) is 17.0 Å². The summed E-state index contributed by atoms with van der Waals surface area (Å²) in [6, 6.07) is 9.16. The van der Waals surface area contributed by atoms with Gasteiger partial charge in [-0.1, -0.05) is 40.6 Å². The van der Waals surface area contributed by atoms with E-state index in [4.69, 9.17) is 23.2 Å². The molecule has 134 valence electrons. The molecule has 0 aliphatic carbocycles. The van der Waals surface area contributed by atoms with Crippen molar-refractivity contribution in [2.45, 2.75) is 6.42 Å². The third-order valence-electron chi connectivity index (χ3n) is 4.45. The van der Waals surface area contributed by atoms with Gasteiger partial charge in [0.25, 0.3) is 0 Å². The summed E-state index contributed by atoms with van der Waals surface area (Å²) in [4.78, 5) is 26.6. The summed E-state index contributed by atoms with van der Waals surface area (Å²) in [5, 5.41) is 2.03. The van der Waals surface area contributed by atoms with E-state index in [1.54, 1.807) is 35.7 Å². The van der Waals surface area contributed by atoms with Gasteiger partial charge in [-0.05, 0) is 29.8 Å². The van der Waals surface area contributed by atoms with Crippen molar-refractivity contribution in [3.05, 3.63) is 52.1 Å². The SMILES string of the molecule is O=C(Cc1c(Cl)cccc1Cl)N1CCN(c2nc3cccnc3s2)CC1. The number of hydrogen-bond acceptors (Lipinski definition) is 5. The number of thiazole rings is 1. The van der Waals surface area contributed by atoms with Gasteiger partial charge in [-0.3, -0.25) is 4.79 Å². The number of benzene rings is 1. The molecule has 3 heterocycles. The van der Waals surface area contributed by atoms with E-state index in [-0.39, 0.29) is 12.3 Å². The number of fused-ring (bicyclic) bond motifs is 1. The minimum absolute atomic E-state index is 0.0469. The average Bonchev–Trinajstić information content (AvgIpc) is 3.09. The maximum atomic E-state index is 12.6. The van der Waals surface area contributed by atoms with E-state index in [0.29, 0.717) is 28.7 Å². The zero-order valence-corrected chi connectivity index (χ0v) is 16.2. The zero-order valence-electron chi connectivity index (χ0n) is 13.9. The first-order valence-corrected chi connectivity index (χ1v) is 9.86. The van der Waals surface area contributed by atoms with Crippen LogP contribution < -0.4 is 4.90 Å². The van der Waals surface area contributed by atoms with Gasteiger partial charge in [-0.15, -0.1) is 0 Å². The second-order valence-corrected chi connectivity index (χ2v) is 7.84. The molecule has 1 amide bonds. The van der Waals surface area contributed by atoms with Crippen molar-refractivity contribution in [3.63, 3.8) is 0 Å². The summed E-state index contributed by atoms with van der Waals surface area (Å²) < 4.78 is 0. The van der Waals surface area contributed by atoms with Crippen LogP contribution in [-0.2, 0) is 11.2 Å². The van der Waals surface area contributed by atoms with Crippen molar-refractivity contribution in [3.8, 4) is 0 Å². The van der Waals surface area contributed by atoms with Crippen LogP contribution in [0.15, 0.2) is 36.5 Å². The quantitative estimate of drug-likeness (QED) is 0.661. The molecule has 0 spiro atoms. The van der Waals surface area contributed by atoms with E-state index >= 15 is 0 Å². The molecule has 1 aliphatic heterocycles. The Morgan fingerprint density at radius 1 is 1.08 bits per heavy atom. The fourth-order valence-corrected chi connectivity index (χ4v) is 4.50. The Morgan fingerprint density at radius 3 is 2.50 bits per heavy atom. The molecule has 1 saturated heterocycles. The van der Waals surface area contributed by atoms with Crippen molar-refractivity contribution < 1.29 is 4.79 Å². The van der Waals surface area contributed by atoms with Crippen molar-refractivity contribution >= 4 is 55.9 Å². The Morgan fingerprint density at radius 2 is 1.81 bits per heavy atom. The molecule has 0 radical (unpaired) electrons. The monoisotopic (exact) mass is 406 g/mol. The number of halogens is 2. The lowest BCUT2D eigenvalue weighted by Gasteiger charge is -2.34. The minimum Gasteiger partial charge on any atom is -0.344 e. The van der Waals surface area contributed by atoms with Gasteiger partial charge in [0.05, 0.1) is 6.42 Å². The van der Waals surface area contributed by atoms with E-state index < -0.39 is 0 Å². The largest absolute Gasteiger partial charge is 0.344 e. The molecular weight excluding hydrogens is 391 g/mol. The van der Waals surface area contributed by atoms with Crippen molar-refractivity contribution in [2.24, 2.45) is 0 Å².